The highest BCUT2D eigenvalue weighted by Crippen LogP contribution is 2.28. The maximum atomic E-state index is 13.0. The molecular formula is C20H17FN4O. The van der Waals surface area contributed by atoms with Crippen molar-refractivity contribution < 1.29 is 9.18 Å². The summed E-state index contributed by atoms with van der Waals surface area (Å²) in [5.41, 5.74) is 3.76. The van der Waals surface area contributed by atoms with Crippen LogP contribution in [0.1, 0.15) is 21.7 Å². The Hall–Kier alpha value is -3.28. The predicted molar refractivity (Wildman–Crippen MR) is 98.3 cm³/mol. The molecule has 0 fully saturated rings. The smallest absolute Gasteiger partial charge is 0.277 e. The highest BCUT2D eigenvalue weighted by molar-refractivity contribution is 6.06. The summed E-state index contributed by atoms with van der Waals surface area (Å²) in [7, 11) is 0. The number of hydrogen-bond donors (Lipinski definition) is 1. The molecule has 2 heterocycles. The van der Waals surface area contributed by atoms with Gasteiger partial charge < -0.3 is 10.2 Å². The molecule has 1 aromatic heterocycles. The molecule has 0 saturated carbocycles. The number of amides is 1. The van der Waals surface area contributed by atoms with Crippen LogP contribution < -0.4 is 10.2 Å². The molecule has 1 amide bonds. The van der Waals surface area contributed by atoms with Crippen molar-refractivity contribution in [3.8, 4) is 0 Å². The molecule has 1 aliphatic rings. The lowest BCUT2D eigenvalue weighted by Crippen LogP contribution is -2.30. The highest BCUT2D eigenvalue weighted by Gasteiger charge is 2.26. The van der Waals surface area contributed by atoms with Gasteiger partial charge in [0.1, 0.15) is 11.5 Å². The number of nitrogens with zero attached hydrogens (tertiary/aromatic N) is 3. The number of hydrogen-bond acceptors (Lipinski definition) is 4. The van der Waals surface area contributed by atoms with E-state index in [0.717, 1.165) is 17.7 Å². The van der Waals surface area contributed by atoms with Crippen LogP contribution in [-0.4, -0.2) is 22.4 Å². The van der Waals surface area contributed by atoms with Crippen LogP contribution in [0, 0.1) is 12.7 Å². The van der Waals surface area contributed by atoms with Crippen molar-refractivity contribution in [2.45, 2.75) is 13.3 Å². The van der Waals surface area contributed by atoms with E-state index >= 15 is 0 Å². The minimum atomic E-state index is -0.315. The topological polar surface area (TPSA) is 58.1 Å². The van der Waals surface area contributed by atoms with E-state index in [1.165, 1.54) is 12.1 Å². The Balaban J connectivity index is 1.62. The first-order valence-corrected chi connectivity index (χ1v) is 8.38. The fraction of sp³-hybridized carbons (Fsp3) is 0.150. The van der Waals surface area contributed by atoms with Crippen LogP contribution in [0.5, 0.6) is 0 Å². The van der Waals surface area contributed by atoms with Crippen molar-refractivity contribution in [1.29, 1.82) is 0 Å². The van der Waals surface area contributed by atoms with Gasteiger partial charge in [-0.1, -0.05) is 18.2 Å². The normalized spacial score (nSPS) is 12.8. The first kappa shape index (κ1) is 16.2. The van der Waals surface area contributed by atoms with Gasteiger partial charge in [0.2, 0.25) is 5.95 Å². The van der Waals surface area contributed by atoms with E-state index in [1.807, 2.05) is 31.2 Å². The predicted octanol–water partition coefficient (Wildman–Crippen LogP) is 3.87. The van der Waals surface area contributed by atoms with Gasteiger partial charge in [0.05, 0.1) is 0 Å². The largest absolute Gasteiger partial charge is 0.324 e. The van der Waals surface area contributed by atoms with Gasteiger partial charge in [-0.15, -0.1) is 0 Å². The molecule has 26 heavy (non-hydrogen) atoms. The van der Waals surface area contributed by atoms with E-state index in [0.29, 0.717) is 29.6 Å². The number of benzene rings is 2. The third kappa shape index (κ3) is 3.13. The maximum absolute atomic E-state index is 13.0. The van der Waals surface area contributed by atoms with Gasteiger partial charge in [-0.2, -0.15) is 0 Å². The minimum absolute atomic E-state index is 0.150. The second kappa shape index (κ2) is 6.55. The van der Waals surface area contributed by atoms with Gasteiger partial charge in [0.15, 0.2) is 0 Å². The number of carbonyl (C=O) groups excluding carboxylic acids is 1. The van der Waals surface area contributed by atoms with Crippen LogP contribution in [0.3, 0.4) is 0 Å². The van der Waals surface area contributed by atoms with Crippen LogP contribution in [0.25, 0.3) is 0 Å². The van der Waals surface area contributed by atoms with Crippen LogP contribution in [0.2, 0.25) is 0 Å². The van der Waals surface area contributed by atoms with Crippen LogP contribution in [0.15, 0.2) is 54.6 Å². The van der Waals surface area contributed by atoms with Crippen molar-refractivity contribution in [2.24, 2.45) is 0 Å². The Bertz CT molecular complexity index is 972. The molecule has 0 aliphatic carbocycles. The van der Waals surface area contributed by atoms with Gasteiger partial charge in [-0.25, -0.2) is 14.4 Å². The second-order valence-corrected chi connectivity index (χ2v) is 6.19. The first-order valence-electron chi connectivity index (χ1n) is 8.38. The monoisotopic (exact) mass is 348 g/mol. The van der Waals surface area contributed by atoms with Crippen molar-refractivity contribution in [3.63, 3.8) is 0 Å². The SMILES string of the molecule is Cc1cc(C(=O)N2CCc3ccccc32)nc(Nc2ccc(F)cc2)n1. The van der Waals surface area contributed by atoms with Crippen LogP contribution in [-0.2, 0) is 6.42 Å². The number of carbonyl (C=O) groups is 1. The summed E-state index contributed by atoms with van der Waals surface area (Å²) in [5, 5.41) is 3.02. The number of anilines is 3. The number of fused-ring (bicyclic) bond motifs is 1. The molecule has 2 aromatic carbocycles. The van der Waals surface area contributed by atoms with Crippen LogP contribution >= 0.6 is 0 Å². The summed E-state index contributed by atoms with van der Waals surface area (Å²) in [6, 6.07) is 15.5. The summed E-state index contributed by atoms with van der Waals surface area (Å²) in [6.07, 6.45) is 0.840. The van der Waals surface area contributed by atoms with E-state index in [4.69, 9.17) is 0 Å². The van der Waals surface area contributed by atoms with Gasteiger partial charge in [-0.3, -0.25) is 4.79 Å². The van der Waals surface area contributed by atoms with Gasteiger partial charge >= 0.3 is 0 Å². The second-order valence-electron chi connectivity index (χ2n) is 6.19. The van der Waals surface area contributed by atoms with Crippen molar-refractivity contribution >= 4 is 23.2 Å². The molecular weight excluding hydrogens is 331 g/mol. The standard InChI is InChI=1S/C20H17FN4O/c1-13-12-17(19(26)25-11-10-14-4-2-3-5-18(14)25)24-20(22-13)23-16-8-6-15(21)7-9-16/h2-9,12H,10-11H2,1H3,(H,22,23,24). The average molecular weight is 348 g/mol. The molecule has 0 radical (unpaired) electrons. The Morgan fingerprint density at radius 3 is 2.69 bits per heavy atom. The van der Waals surface area contributed by atoms with E-state index < -0.39 is 0 Å². The molecule has 4 rings (SSSR count). The lowest BCUT2D eigenvalue weighted by molar-refractivity contribution is 0.0984. The maximum Gasteiger partial charge on any atom is 0.277 e. The molecule has 130 valence electrons. The quantitative estimate of drug-likeness (QED) is 0.781. The van der Waals surface area contributed by atoms with Gasteiger partial charge in [0, 0.05) is 23.6 Å². The van der Waals surface area contributed by atoms with Crippen molar-refractivity contribution in [2.75, 3.05) is 16.8 Å². The summed E-state index contributed by atoms with van der Waals surface area (Å²) in [5.74, 6) is -0.153. The van der Waals surface area contributed by atoms with Crippen LogP contribution in [0.4, 0.5) is 21.7 Å². The highest BCUT2D eigenvalue weighted by atomic mass is 19.1. The van der Waals surface area contributed by atoms with Crippen molar-refractivity contribution in [1.82, 2.24) is 9.97 Å². The average Bonchev–Trinajstić information content (AvgIpc) is 3.07. The molecule has 0 bridgehead atoms. The molecule has 1 N–H and O–H groups in total. The Morgan fingerprint density at radius 1 is 1.12 bits per heavy atom. The number of halogens is 1. The lowest BCUT2D eigenvalue weighted by atomic mass is 10.2. The number of rotatable bonds is 3. The lowest BCUT2D eigenvalue weighted by Gasteiger charge is -2.17. The summed E-state index contributed by atoms with van der Waals surface area (Å²) in [4.78, 5) is 23.4. The summed E-state index contributed by atoms with van der Waals surface area (Å²) >= 11 is 0. The molecule has 3 aromatic rings. The zero-order chi connectivity index (χ0) is 18.1. The fourth-order valence-electron chi connectivity index (χ4n) is 3.08. The molecule has 5 nitrogen and oxygen atoms in total. The van der Waals surface area contributed by atoms with E-state index in [2.05, 4.69) is 15.3 Å². The summed E-state index contributed by atoms with van der Waals surface area (Å²) in [6.45, 7) is 2.45. The summed E-state index contributed by atoms with van der Waals surface area (Å²) < 4.78 is 13.0. The van der Waals surface area contributed by atoms with E-state index in [9.17, 15) is 9.18 Å². The van der Waals surface area contributed by atoms with Crippen molar-refractivity contribution in [3.05, 3.63) is 77.4 Å². The molecule has 0 saturated heterocycles. The Morgan fingerprint density at radius 2 is 1.88 bits per heavy atom. The number of aryl methyl sites for hydroxylation is 1. The minimum Gasteiger partial charge on any atom is -0.324 e. The first-order chi connectivity index (χ1) is 12.6. The van der Waals surface area contributed by atoms with Gasteiger partial charge in [-0.05, 0) is 55.3 Å². The van der Waals surface area contributed by atoms with E-state index in [-0.39, 0.29) is 11.7 Å². The molecule has 0 spiro atoms. The van der Waals surface area contributed by atoms with Gasteiger partial charge in [0.25, 0.3) is 5.91 Å². The molecule has 6 heteroatoms. The third-order valence-electron chi connectivity index (χ3n) is 4.31. The number of para-hydroxylation sites is 1. The molecule has 0 atom stereocenters. The third-order valence-corrected chi connectivity index (χ3v) is 4.31. The number of aromatic nitrogens is 2. The molecule has 0 unspecified atom stereocenters. The molecule has 1 aliphatic heterocycles. The zero-order valence-electron chi connectivity index (χ0n) is 14.2. The Labute approximate surface area is 150 Å². The zero-order valence-corrected chi connectivity index (χ0v) is 14.2. The van der Waals surface area contributed by atoms with E-state index in [1.54, 1.807) is 23.1 Å². The number of nitrogens with one attached hydrogen (secondary N) is 1. The Kier molecular flexibility index (Phi) is 4.08. The fourth-order valence-corrected chi connectivity index (χ4v) is 3.08.